The Morgan fingerprint density at radius 3 is 2.14 bits per heavy atom. The number of anilines is 3. The Kier molecular flexibility index (Phi) is 4.93. The van der Waals surface area contributed by atoms with Crippen LogP contribution in [0.3, 0.4) is 0 Å². The van der Waals surface area contributed by atoms with Gasteiger partial charge in [-0.2, -0.15) is 0 Å². The average molecular weight is 496 g/mol. The molecule has 0 spiro atoms. The molecule has 0 atom stereocenters. The molecule has 37 heavy (non-hydrogen) atoms. The number of fused-ring (bicyclic) bond motifs is 4. The van der Waals surface area contributed by atoms with Crippen LogP contribution in [0.25, 0.3) is 32.7 Å². The van der Waals surface area contributed by atoms with Gasteiger partial charge in [-0.05, 0) is 51.6 Å². The Morgan fingerprint density at radius 1 is 0.595 bits per heavy atom. The molecule has 0 saturated carbocycles. The van der Waals surface area contributed by atoms with Gasteiger partial charge in [0.2, 0.25) is 0 Å². The lowest BCUT2D eigenvalue weighted by Gasteiger charge is -2.43. The number of hydrogen-bond acceptors (Lipinski definition) is 1. The molecule has 0 N–H and O–H groups in total. The van der Waals surface area contributed by atoms with Gasteiger partial charge in [-0.25, -0.2) is 0 Å². The molecule has 0 aliphatic carbocycles. The molecule has 1 aliphatic rings. The van der Waals surface area contributed by atoms with Crippen molar-refractivity contribution in [3.8, 4) is 11.1 Å². The van der Waals surface area contributed by atoms with Gasteiger partial charge in [0.25, 0.3) is 0 Å². The third kappa shape index (κ3) is 3.31. The summed E-state index contributed by atoms with van der Waals surface area (Å²) in [7, 11) is 0. The summed E-state index contributed by atoms with van der Waals surface area (Å²) in [6, 6.07) is 43.6. The van der Waals surface area contributed by atoms with Crippen molar-refractivity contribution in [3.63, 3.8) is 0 Å². The van der Waals surface area contributed by atoms with E-state index in [0.717, 1.165) is 16.3 Å². The summed E-state index contributed by atoms with van der Waals surface area (Å²) < 4.78 is 0. The van der Waals surface area contributed by atoms with Crippen LogP contribution in [0.5, 0.6) is 0 Å². The molecular formula is C35H26ClN. The summed E-state index contributed by atoms with van der Waals surface area (Å²) in [5.41, 5.74) is 8.11. The molecule has 0 aromatic heterocycles. The minimum atomic E-state index is -0.228. The molecule has 1 nitrogen and oxygen atoms in total. The molecule has 6 aromatic carbocycles. The molecule has 178 valence electrons. The normalized spacial score (nSPS) is 14.0. The van der Waals surface area contributed by atoms with E-state index in [1.54, 1.807) is 0 Å². The van der Waals surface area contributed by atoms with Crippen LogP contribution >= 0.6 is 11.6 Å². The highest BCUT2D eigenvalue weighted by Gasteiger charge is 2.39. The monoisotopic (exact) mass is 495 g/mol. The quantitative estimate of drug-likeness (QED) is 0.231. The van der Waals surface area contributed by atoms with E-state index < -0.39 is 0 Å². The first kappa shape index (κ1) is 22.2. The average Bonchev–Trinajstić information content (AvgIpc) is 2.93. The third-order valence-electron chi connectivity index (χ3n) is 7.86. The van der Waals surface area contributed by atoms with Crippen molar-refractivity contribution < 1.29 is 0 Å². The highest BCUT2D eigenvalue weighted by atomic mass is 35.5. The number of hydrogen-bond donors (Lipinski definition) is 0. The van der Waals surface area contributed by atoms with E-state index in [9.17, 15) is 0 Å². The molecule has 6 aromatic rings. The maximum Gasteiger partial charge on any atom is 0.0618 e. The van der Waals surface area contributed by atoms with Gasteiger partial charge >= 0.3 is 0 Å². The van der Waals surface area contributed by atoms with Gasteiger partial charge in [0.15, 0.2) is 0 Å². The van der Waals surface area contributed by atoms with E-state index in [0.29, 0.717) is 0 Å². The van der Waals surface area contributed by atoms with Crippen molar-refractivity contribution >= 4 is 50.2 Å². The molecule has 1 aliphatic heterocycles. The van der Waals surface area contributed by atoms with Crippen LogP contribution in [-0.4, -0.2) is 0 Å². The minimum absolute atomic E-state index is 0.228. The summed E-state index contributed by atoms with van der Waals surface area (Å²) >= 11 is 6.96. The summed E-state index contributed by atoms with van der Waals surface area (Å²) in [4.78, 5) is 2.44. The topological polar surface area (TPSA) is 3.24 Å². The molecule has 0 fully saturated rings. The van der Waals surface area contributed by atoms with Crippen molar-refractivity contribution in [2.24, 2.45) is 0 Å². The zero-order valence-corrected chi connectivity index (χ0v) is 21.6. The molecule has 2 heteroatoms. The predicted octanol–water partition coefficient (Wildman–Crippen LogP) is 10.4. The zero-order valence-electron chi connectivity index (χ0n) is 20.9. The van der Waals surface area contributed by atoms with Gasteiger partial charge in [-0.15, -0.1) is 0 Å². The van der Waals surface area contributed by atoms with Gasteiger partial charge in [0, 0.05) is 27.0 Å². The lowest BCUT2D eigenvalue weighted by molar-refractivity contribution is 0.632. The standard InChI is InChI=1S/C35H26ClN/c1-35(2)29-14-7-8-16-31(29)37(32-17-9-15-30(36)33(32)35)34-27-13-6-5-11-24(27)20-21-28(34)26-19-18-23-10-3-4-12-25(23)22-26/h3-22H,1-2H3. The number of nitrogens with zero attached hydrogens (tertiary/aromatic N) is 1. The maximum atomic E-state index is 6.96. The van der Waals surface area contributed by atoms with Crippen LogP contribution in [0.4, 0.5) is 17.1 Å². The summed E-state index contributed by atoms with van der Waals surface area (Å²) in [6.07, 6.45) is 0. The van der Waals surface area contributed by atoms with E-state index >= 15 is 0 Å². The minimum Gasteiger partial charge on any atom is -0.309 e. The molecule has 0 unspecified atom stereocenters. The lowest BCUT2D eigenvalue weighted by atomic mass is 9.73. The highest BCUT2D eigenvalue weighted by Crippen LogP contribution is 2.56. The van der Waals surface area contributed by atoms with Crippen molar-refractivity contribution in [2.75, 3.05) is 4.90 Å². The van der Waals surface area contributed by atoms with E-state index in [1.165, 1.54) is 49.6 Å². The van der Waals surface area contributed by atoms with E-state index in [1.807, 2.05) is 6.07 Å². The van der Waals surface area contributed by atoms with Gasteiger partial charge in [0.1, 0.15) is 0 Å². The molecule has 1 heterocycles. The van der Waals surface area contributed by atoms with Crippen molar-refractivity contribution in [1.29, 1.82) is 0 Å². The second-order valence-corrected chi connectivity index (χ2v) is 10.8. The fourth-order valence-corrected chi connectivity index (χ4v) is 6.51. The summed E-state index contributed by atoms with van der Waals surface area (Å²) in [5.74, 6) is 0. The highest BCUT2D eigenvalue weighted by molar-refractivity contribution is 6.32. The first-order chi connectivity index (χ1) is 18.0. The molecule has 0 bridgehead atoms. The fourth-order valence-electron chi connectivity index (χ4n) is 6.11. The Morgan fingerprint density at radius 2 is 1.27 bits per heavy atom. The second-order valence-electron chi connectivity index (χ2n) is 10.4. The van der Waals surface area contributed by atoms with Crippen LogP contribution in [0.15, 0.2) is 121 Å². The lowest BCUT2D eigenvalue weighted by Crippen LogP contribution is -2.31. The molecule has 7 rings (SSSR count). The van der Waals surface area contributed by atoms with Crippen molar-refractivity contribution in [3.05, 3.63) is 137 Å². The van der Waals surface area contributed by atoms with Crippen molar-refractivity contribution in [2.45, 2.75) is 19.3 Å². The number of rotatable bonds is 2. The first-order valence-corrected chi connectivity index (χ1v) is 13.1. The van der Waals surface area contributed by atoms with Gasteiger partial charge in [-0.3, -0.25) is 0 Å². The smallest absolute Gasteiger partial charge is 0.0618 e. The Bertz CT molecular complexity index is 1830. The Labute approximate surface area is 222 Å². The summed E-state index contributed by atoms with van der Waals surface area (Å²) in [6.45, 7) is 4.56. The Hall–Kier alpha value is -4.07. The molecule has 0 amide bonds. The van der Waals surface area contributed by atoms with Crippen LogP contribution in [-0.2, 0) is 5.41 Å². The Balaban J connectivity index is 1.61. The maximum absolute atomic E-state index is 6.96. The zero-order chi connectivity index (χ0) is 25.1. The molecule has 0 saturated heterocycles. The SMILES string of the molecule is CC1(C)c2ccccc2N(c2c(-c3ccc4ccccc4c3)ccc3ccccc23)c2cccc(Cl)c21. The first-order valence-electron chi connectivity index (χ1n) is 12.7. The van der Waals surface area contributed by atoms with Gasteiger partial charge in [-0.1, -0.05) is 123 Å². The number of benzene rings is 6. The van der Waals surface area contributed by atoms with E-state index in [4.69, 9.17) is 11.6 Å². The number of halogens is 1. The summed E-state index contributed by atoms with van der Waals surface area (Å²) in [5, 5.41) is 5.72. The van der Waals surface area contributed by atoms with Crippen molar-refractivity contribution in [1.82, 2.24) is 0 Å². The molecular weight excluding hydrogens is 470 g/mol. The van der Waals surface area contributed by atoms with Crippen LogP contribution in [0, 0.1) is 0 Å². The van der Waals surface area contributed by atoms with Crippen LogP contribution in [0.2, 0.25) is 5.02 Å². The van der Waals surface area contributed by atoms with E-state index in [2.05, 4.69) is 134 Å². The third-order valence-corrected chi connectivity index (χ3v) is 8.18. The largest absolute Gasteiger partial charge is 0.309 e. The number of para-hydroxylation sites is 1. The van der Waals surface area contributed by atoms with Gasteiger partial charge < -0.3 is 4.90 Å². The van der Waals surface area contributed by atoms with Crippen LogP contribution < -0.4 is 4.90 Å². The van der Waals surface area contributed by atoms with Gasteiger partial charge in [0.05, 0.1) is 17.1 Å². The fraction of sp³-hybridized carbons (Fsp3) is 0.0857. The van der Waals surface area contributed by atoms with E-state index in [-0.39, 0.29) is 5.41 Å². The predicted molar refractivity (Wildman–Crippen MR) is 159 cm³/mol. The second kappa shape index (κ2) is 8.23. The van der Waals surface area contributed by atoms with Crippen LogP contribution in [0.1, 0.15) is 25.0 Å². The molecule has 0 radical (unpaired) electrons.